The Bertz CT molecular complexity index is 424. The number of hydrogen-bond donors (Lipinski definition) is 0. The summed E-state index contributed by atoms with van der Waals surface area (Å²) < 4.78 is 1.63. The van der Waals surface area contributed by atoms with Crippen molar-refractivity contribution in [2.45, 2.75) is 12.8 Å². The van der Waals surface area contributed by atoms with Crippen LogP contribution in [-0.2, 0) is 5.88 Å². The molecule has 0 aliphatic heterocycles. The van der Waals surface area contributed by atoms with E-state index < -0.39 is 0 Å². The Morgan fingerprint density at radius 2 is 2.36 bits per heavy atom. The Kier molecular flexibility index (Phi) is 2.45. The van der Waals surface area contributed by atoms with Gasteiger partial charge in [-0.15, -0.1) is 11.6 Å². The average Bonchev–Trinajstić information content (AvgIpc) is 2.70. The minimum atomic E-state index is 0.478. The van der Waals surface area contributed by atoms with Crippen LogP contribution in [0, 0.1) is 6.92 Å². The van der Waals surface area contributed by atoms with Crippen molar-refractivity contribution >= 4 is 11.6 Å². The molecule has 0 amide bonds. The van der Waals surface area contributed by atoms with Crippen LogP contribution in [0.25, 0.3) is 5.82 Å². The van der Waals surface area contributed by atoms with Gasteiger partial charge in [-0.2, -0.15) is 5.10 Å². The SMILES string of the molecule is Cc1cc(CCl)cnc1-n1cncn1. The van der Waals surface area contributed by atoms with E-state index in [0.29, 0.717) is 5.88 Å². The summed E-state index contributed by atoms with van der Waals surface area (Å²) in [5.74, 6) is 1.27. The van der Waals surface area contributed by atoms with Crippen molar-refractivity contribution in [3.63, 3.8) is 0 Å². The summed E-state index contributed by atoms with van der Waals surface area (Å²) in [6, 6.07) is 2.00. The maximum Gasteiger partial charge on any atom is 0.158 e. The van der Waals surface area contributed by atoms with E-state index in [2.05, 4.69) is 15.1 Å². The van der Waals surface area contributed by atoms with Crippen LogP contribution in [0.1, 0.15) is 11.1 Å². The highest BCUT2D eigenvalue weighted by Crippen LogP contribution is 2.12. The van der Waals surface area contributed by atoms with Gasteiger partial charge in [-0.05, 0) is 24.1 Å². The zero-order chi connectivity index (χ0) is 9.97. The predicted octanol–water partition coefficient (Wildman–Crippen LogP) is 1.71. The quantitative estimate of drug-likeness (QED) is 0.706. The Labute approximate surface area is 86.6 Å². The molecule has 0 bridgehead atoms. The van der Waals surface area contributed by atoms with Crippen LogP contribution in [0.2, 0.25) is 0 Å². The average molecular weight is 209 g/mol. The molecular formula is C9H9ClN4. The third-order valence-corrected chi connectivity index (χ3v) is 2.21. The number of pyridine rings is 1. The third kappa shape index (κ3) is 1.61. The van der Waals surface area contributed by atoms with Gasteiger partial charge in [0, 0.05) is 12.1 Å². The van der Waals surface area contributed by atoms with Crippen LogP contribution in [0.5, 0.6) is 0 Å². The first-order valence-electron chi connectivity index (χ1n) is 4.18. The lowest BCUT2D eigenvalue weighted by molar-refractivity contribution is 0.834. The number of halogens is 1. The maximum absolute atomic E-state index is 5.70. The molecule has 0 aliphatic rings. The molecule has 0 fully saturated rings. The summed E-state index contributed by atoms with van der Waals surface area (Å²) in [7, 11) is 0. The lowest BCUT2D eigenvalue weighted by Gasteiger charge is -2.04. The van der Waals surface area contributed by atoms with Crippen molar-refractivity contribution in [3.05, 3.63) is 36.0 Å². The molecule has 2 heterocycles. The Morgan fingerprint density at radius 1 is 1.50 bits per heavy atom. The zero-order valence-corrected chi connectivity index (χ0v) is 8.44. The van der Waals surface area contributed by atoms with Crippen LogP contribution in [0.4, 0.5) is 0 Å². The van der Waals surface area contributed by atoms with Gasteiger partial charge in [-0.3, -0.25) is 0 Å². The molecule has 2 aromatic heterocycles. The Morgan fingerprint density at radius 3 is 2.93 bits per heavy atom. The summed E-state index contributed by atoms with van der Waals surface area (Å²) in [5, 5.41) is 4.01. The monoisotopic (exact) mass is 208 g/mol. The van der Waals surface area contributed by atoms with E-state index in [0.717, 1.165) is 16.9 Å². The van der Waals surface area contributed by atoms with Gasteiger partial charge in [-0.1, -0.05) is 0 Å². The fourth-order valence-electron chi connectivity index (χ4n) is 1.26. The van der Waals surface area contributed by atoms with E-state index in [-0.39, 0.29) is 0 Å². The van der Waals surface area contributed by atoms with Crippen molar-refractivity contribution in [1.82, 2.24) is 19.7 Å². The molecule has 4 nitrogen and oxygen atoms in total. The van der Waals surface area contributed by atoms with E-state index >= 15 is 0 Å². The van der Waals surface area contributed by atoms with Crippen molar-refractivity contribution in [2.24, 2.45) is 0 Å². The standard InChI is InChI=1S/C9H9ClN4/c1-7-2-8(3-10)4-12-9(7)14-6-11-5-13-14/h2,4-6H,3H2,1H3. The molecule has 0 radical (unpaired) electrons. The highest BCUT2D eigenvalue weighted by molar-refractivity contribution is 6.17. The molecule has 0 N–H and O–H groups in total. The number of hydrogen-bond acceptors (Lipinski definition) is 3. The van der Waals surface area contributed by atoms with Crippen LogP contribution >= 0.6 is 11.6 Å². The van der Waals surface area contributed by atoms with Crippen molar-refractivity contribution < 1.29 is 0 Å². The first-order valence-corrected chi connectivity index (χ1v) is 4.71. The topological polar surface area (TPSA) is 43.6 Å². The fraction of sp³-hybridized carbons (Fsp3) is 0.222. The molecular weight excluding hydrogens is 200 g/mol. The van der Waals surface area contributed by atoms with Gasteiger partial charge < -0.3 is 0 Å². The highest BCUT2D eigenvalue weighted by Gasteiger charge is 2.03. The lowest BCUT2D eigenvalue weighted by Crippen LogP contribution is -2.01. The third-order valence-electron chi connectivity index (χ3n) is 1.90. The molecule has 0 atom stereocenters. The van der Waals surface area contributed by atoms with Gasteiger partial charge in [-0.25, -0.2) is 14.6 Å². The van der Waals surface area contributed by atoms with Gasteiger partial charge in [0.1, 0.15) is 12.7 Å². The molecule has 2 rings (SSSR count). The molecule has 0 unspecified atom stereocenters. The number of aryl methyl sites for hydroxylation is 1. The molecule has 2 aromatic rings. The van der Waals surface area contributed by atoms with Gasteiger partial charge in [0.15, 0.2) is 5.82 Å². The second-order valence-corrected chi connectivity index (χ2v) is 3.23. The molecule has 0 aromatic carbocycles. The smallest absolute Gasteiger partial charge is 0.158 e. The van der Waals surface area contributed by atoms with Gasteiger partial charge in [0.25, 0.3) is 0 Å². The largest absolute Gasteiger partial charge is 0.236 e. The first-order chi connectivity index (χ1) is 6.81. The van der Waals surface area contributed by atoms with Gasteiger partial charge in [0.05, 0.1) is 0 Å². The fourth-order valence-corrected chi connectivity index (χ4v) is 1.40. The second-order valence-electron chi connectivity index (χ2n) is 2.96. The molecule has 72 valence electrons. The zero-order valence-electron chi connectivity index (χ0n) is 7.68. The van der Waals surface area contributed by atoms with E-state index in [1.165, 1.54) is 6.33 Å². The summed E-state index contributed by atoms with van der Waals surface area (Å²) >= 11 is 5.70. The van der Waals surface area contributed by atoms with Crippen LogP contribution < -0.4 is 0 Å². The van der Waals surface area contributed by atoms with Crippen molar-refractivity contribution in [3.8, 4) is 5.82 Å². The van der Waals surface area contributed by atoms with E-state index in [1.54, 1.807) is 17.2 Å². The molecule has 0 aliphatic carbocycles. The number of alkyl halides is 1. The van der Waals surface area contributed by atoms with Crippen molar-refractivity contribution in [1.29, 1.82) is 0 Å². The summed E-state index contributed by atoms with van der Waals surface area (Å²) in [6.07, 6.45) is 4.85. The van der Waals surface area contributed by atoms with E-state index in [4.69, 9.17) is 11.6 Å². The summed E-state index contributed by atoms with van der Waals surface area (Å²) in [4.78, 5) is 8.14. The Hall–Kier alpha value is -1.42. The molecule has 0 spiro atoms. The van der Waals surface area contributed by atoms with Crippen LogP contribution in [0.15, 0.2) is 24.9 Å². The normalized spacial score (nSPS) is 10.4. The lowest BCUT2D eigenvalue weighted by atomic mass is 10.2. The molecule has 5 heteroatoms. The number of nitrogens with zero attached hydrogens (tertiary/aromatic N) is 4. The van der Waals surface area contributed by atoms with E-state index in [9.17, 15) is 0 Å². The molecule has 14 heavy (non-hydrogen) atoms. The predicted molar refractivity (Wildman–Crippen MR) is 53.4 cm³/mol. The number of rotatable bonds is 2. The maximum atomic E-state index is 5.70. The molecule has 0 saturated heterocycles. The first kappa shape index (κ1) is 9.15. The van der Waals surface area contributed by atoms with E-state index in [1.807, 2.05) is 13.0 Å². The number of aromatic nitrogens is 4. The Balaban J connectivity index is 2.46. The summed E-state index contributed by atoms with van der Waals surface area (Å²) in [5.41, 5.74) is 2.04. The summed E-state index contributed by atoms with van der Waals surface area (Å²) in [6.45, 7) is 1.97. The minimum Gasteiger partial charge on any atom is -0.236 e. The van der Waals surface area contributed by atoms with Gasteiger partial charge >= 0.3 is 0 Å². The van der Waals surface area contributed by atoms with Gasteiger partial charge in [0.2, 0.25) is 0 Å². The van der Waals surface area contributed by atoms with Crippen LogP contribution in [-0.4, -0.2) is 19.7 Å². The minimum absolute atomic E-state index is 0.478. The molecule has 0 saturated carbocycles. The van der Waals surface area contributed by atoms with Crippen LogP contribution in [0.3, 0.4) is 0 Å². The van der Waals surface area contributed by atoms with Crippen molar-refractivity contribution in [2.75, 3.05) is 0 Å². The second kappa shape index (κ2) is 3.75. The highest BCUT2D eigenvalue weighted by atomic mass is 35.5.